The predicted octanol–water partition coefficient (Wildman–Crippen LogP) is 3.21. The molecule has 1 aromatic carbocycles. The van der Waals surface area contributed by atoms with Crippen molar-refractivity contribution in [1.82, 2.24) is 14.7 Å². The van der Waals surface area contributed by atoms with E-state index < -0.39 is 0 Å². The highest BCUT2D eigenvalue weighted by molar-refractivity contribution is 6.08. The van der Waals surface area contributed by atoms with Crippen LogP contribution >= 0.6 is 0 Å². The summed E-state index contributed by atoms with van der Waals surface area (Å²) in [5.41, 5.74) is 3.07. The largest absolute Gasteiger partial charge is 0.348 e. The van der Waals surface area contributed by atoms with Crippen molar-refractivity contribution >= 4 is 23.0 Å². The van der Waals surface area contributed by atoms with E-state index in [0.717, 1.165) is 43.4 Å². The van der Waals surface area contributed by atoms with Gasteiger partial charge in [-0.25, -0.2) is 4.98 Å². The van der Waals surface area contributed by atoms with Gasteiger partial charge in [-0.1, -0.05) is 37.1 Å². The summed E-state index contributed by atoms with van der Waals surface area (Å²) >= 11 is 0. The Morgan fingerprint density at radius 3 is 2.68 bits per heavy atom. The van der Waals surface area contributed by atoms with E-state index in [9.17, 15) is 9.59 Å². The Kier molecular flexibility index (Phi) is 4.11. The second-order valence-electron chi connectivity index (χ2n) is 7.53. The highest BCUT2D eigenvalue weighted by Gasteiger charge is 2.30. The van der Waals surface area contributed by atoms with Crippen LogP contribution in [0.5, 0.6) is 0 Å². The summed E-state index contributed by atoms with van der Waals surface area (Å²) in [6, 6.07) is 13.7. The lowest BCUT2D eigenvalue weighted by Gasteiger charge is -2.16. The quantitative estimate of drug-likeness (QED) is 0.766. The fraction of sp³-hybridized carbons (Fsp3) is 0.318. The molecule has 1 saturated carbocycles. The van der Waals surface area contributed by atoms with Crippen molar-refractivity contribution in [2.45, 2.75) is 38.1 Å². The number of para-hydroxylation sites is 1. The van der Waals surface area contributed by atoms with Crippen LogP contribution in [0.25, 0.3) is 5.52 Å². The number of anilines is 1. The van der Waals surface area contributed by atoms with Gasteiger partial charge in [0.05, 0.1) is 5.52 Å². The number of hydrogen-bond donors (Lipinski definition) is 1. The minimum absolute atomic E-state index is 0.175. The molecule has 2 aromatic heterocycles. The molecule has 1 aliphatic heterocycles. The molecule has 5 rings (SSSR count). The fourth-order valence-corrected chi connectivity index (χ4v) is 4.35. The summed E-state index contributed by atoms with van der Waals surface area (Å²) in [4.78, 5) is 32.4. The monoisotopic (exact) mass is 374 g/mol. The third-order valence-electron chi connectivity index (χ3n) is 5.78. The summed E-state index contributed by atoms with van der Waals surface area (Å²) < 4.78 is 1.73. The summed E-state index contributed by atoms with van der Waals surface area (Å²) in [7, 11) is 0. The molecule has 0 bridgehead atoms. The van der Waals surface area contributed by atoms with E-state index in [1.54, 1.807) is 15.5 Å². The molecule has 6 nitrogen and oxygen atoms in total. The number of nitrogens with one attached hydrogen (secondary N) is 1. The average Bonchev–Trinajstić information content (AvgIpc) is 3.45. The van der Waals surface area contributed by atoms with Gasteiger partial charge in [-0.15, -0.1) is 0 Å². The molecule has 0 atom stereocenters. The fourth-order valence-electron chi connectivity index (χ4n) is 4.35. The van der Waals surface area contributed by atoms with Crippen molar-refractivity contribution < 1.29 is 9.59 Å². The number of aromatic nitrogens is 2. The number of carbonyl (C=O) groups excluding carboxylic acids is 2. The summed E-state index contributed by atoms with van der Waals surface area (Å²) in [5.74, 6) is -0.0913. The molecule has 3 heterocycles. The molecule has 2 aliphatic rings. The van der Waals surface area contributed by atoms with Gasteiger partial charge in [0.15, 0.2) is 5.69 Å². The van der Waals surface area contributed by atoms with E-state index in [0.29, 0.717) is 17.8 Å². The summed E-state index contributed by atoms with van der Waals surface area (Å²) in [6.07, 6.45) is 6.94. The second-order valence-corrected chi connectivity index (χ2v) is 7.53. The first-order chi connectivity index (χ1) is 13.7. The molecular formula is C22H22N4O2. The zero-order valence-corrected chi connectivity index (χ0v) is 15.6. The number of rotatable bonds is 3. The maximum absolute atomic E-state index is 13.3. The molecule has 0 spiro atoms. The zero-order chi connectivity index (χ0) is 19.1. The van der Waals surface area contributed by atoms with Gasteiger partial charge in [0.1, 0.15) is 0 Å². The Labute approximate surface area is 163 Å². The molecular weight excluding hydrogens is 352 g/mol. The third kappa shape index (κ3) is 2.76. The number of fused-ring (bicyclic) bond motifs is 2. The first kappa shape index (κ1) is 17.0. The topological polar surface area (TPSA) is 66.7 Å². The van der Waals surface area contributed by atoms with Gasteiger partial charge in [-0.2, -0.15) is 0 Å². The van der Waals surface area contributed by atoms with E-state index in [1.807, 2.05) is 42.5 Å². The van der Waals surface area contributed by atoms with Gasteiger partial charge >= 0.3 is 0 Å². The van der Waals surface area contributed by atoms with E-state index in [1.165, 1.54) is 0 Å². The van der Waals surface area contributed by atoms with Gasteiger partial charge in [0, 0.05) is 24.5 Å². The number of hydrogen-bond acceptors (Lipinski definition) is 3. The second kappa shape index (κ2) is 6.78. The maximum atomic E-state index is 13.3. The molecule has 6 heteroatoms. The van der Waals surface area contributed by atoms with E-state index in [4.69, 9.17) is 0 Å². The first-order valence-electron chi connectivity index (χ1n) is 9.90. The number of imidazole rings is 1. The number of amides is 2. The van der Waals surface area contributed by atoms with Crippen LogP contribution in [0.15, 0.2) is 48.7 Å². The van der Waals surface area contributed by atoms with Crippen LogP contribution in [-0.2, 0) is 6.42 Å². The normalized spacial score (nSPS) is 16.5. The molecule has 3 aromatic rings. The SMILES string of the molecule is O=C(NC1CCCC1)c1nc(C(=O)N2CCc3ccccc32)n2ccccc12. The number of carbonyl (C=O) groups is 2. The van der Waals surface area contributed by atoms with Crippen molar-refractivity contribution in [2.24, 2.45) is 0 Å². The minimum Gasteiger partial charge on any atom is -0.348 e. The minimum atomic E-state index is -0.198. The number of benzene rings is 1. The van der Waals surface area contributed by atoms with Crippen molar-refractivity contribution in [2.75, 3.05) is 11.4 Å². The predicted molar refractivity (Wildman–Crippen MR) is 107 cm³/mol. The van der Waals surface area contributed by atoms with Crippen LogP contribution in [0.1, 0.15) is 52.4 Å². The molecule has 1 fully saturated rings. The van der Waals surface area contributed by atoms with Crippen molar-refractivity contribution in [3.05, 3.63) is 65.7 Å². The Balaban J connectivity index is 1.52. The Morgan fingerprint density at radius 1 is 1.04 bits per heavy atom. The molecule has 0 saturated heterocycles. The van der Waals surface area contributed by atoms with Gasteiger partial charge in [0.2, 0.25) is 5.82 Å². The summed E-state index contributed by atoms with van der Waals surface area (Å²) in [6.45, 7) is 0.629. The molecule has 0 radical (unpaired) electrons. The Hall–Kier alpha value is -3.15. The Morgan fingerprint density at radius 2 is 1.82 bits per heavy atom. The van der Waals surface area contributed by atoms with E-state index >= 15 is 0 Å². The van der Waals surface area contributed by atoms with Gasteiger partial charge in [0.25, 0.3) is 11.8 Å². The standard InChI is InChI=1S/C22H22N4O2/c27-21(23-16-8-2-3-9-16)19-18-11-5-6-13-25(18)20(24-19)22(28)26-14-12-15-7-1-4-10-17(15)26/h1,4-7,10-11,13,16H,2-3,8-9,12,14H2,(H,23,27). The van der Waals surface area contributed by atoms with E-state index in [2.05, 4.69) is 10.3 Å². The summed E-state index contributed by atoms with van der Waals surface area (Å²) in [5, 5.41) is 3.09. The molecule has 1 aliphatic carbocycles. The van der Waals surface area contributed by atoms with Gasteiger partial charge < -0.3 is 10.2 Å². The van der Waals surface area contributed by atoms with Gasteiger partial charge in [-0.3, -0.25) is 14.0 Å². The Bertz CT molecular complexity index is 1070. The van der Waals surface area contributed by atoms with Crippen molar-refractivity contribution in [1.29, 1.82) is 0 Å². The lowest BCUT2D eigenvalue weighted by atomic mass is 10.2. The maximum Gasteiger partial charge on any atom is 0.294 e. The van der Waals surface area contributed by atoms with Crippen LogP contribution < -0.4 is 10.2 Å². The van der Waals surface area contributed by atoms with E-state index in [-0.39, 0.29) is 23.7 Å². The van der Waals surface area contributed by atoms with Crippen LogP contribution in [0, 0.1) is 0 Å². The first-order valence-corrected chi connectivity index (χ1v) is 9.90. The highest BCUT2D eigenvalue weighted by Crippen LogP contribution is 2.29. The highest BCUT2D eigenvalue weighted by atomic mass is 16.2. The van der Waals surface area contributed by atoms with Crippen molar-refractivity contribution in [3.63, 3.8) is 0 Å². The molecule has 28 heavy (non-hydrogen) atoms. The number of pyridine rings is 1. The molecule has 0 unspecified atom stereocenters. The lowest BCUT2D eigenvalue weighted by Crippen LogP contribution is -2.33. The molecule has 2 amide bonds. The average molecular weight is 374 g/mol. The van der Waals surface area contributed by atoms with Crippen molar-refractivity contribution in [3.8, 4) is 0 Å². The zero-order valence-electron chi connectivity index (χ0n) is 15.6. The van der Waals surface area contributed by atoms with Crippen LogP contribution in [0.4, 0.5) is 5.69 Å². The van der Waals surface area contributed by atoms with Gasteiger partial charge in [-0.05, 0) is 43.0 Å². The smallest absolute Gasteiger partial charge is 0.294 e. The van der Waals surface area contributed by atoms with Crippen LogP contribution in [0.3, 0.4) is 0 Å². The van der Waals surface area contributed by atoms with Crippen LogP contribution in [-0.4, -0.2) is 33.8 Å². The molecule has 1 N–H and O–H groups in total. The number of nitrogens with zero attached hydrogens (tertiary/aromatic N) is 3. The molecule has 142 valence electrons. The van der Waals surface area contributed by atoms with Crippen LogP contribution in [0.2, 0.25) is 0 Å². The third-order valence-corrected chi connectivity index (χ3v) is 5.78. The lowest BCUT2D eigenvalue weighted by molar-refractivity contribution is 0.0935.